The van der Waals surface area contributed by atoms with Crippen LogP contribution in [0.15, 0.2) is 12.1 Å². The monoisotopic (exact) mass is 587 g/mol. The molecule has 2 rings (SSSR count). The lowest BCUT2D eigenvalue weighted by atomic mass is 9.74. The molecule has 0 radical (unpaired) electrons. The van der Waals surface area contributed by atoms with E-state index in [0.717, 1.165) is 17.5 Å². The highest BCUT2D eigenvalue weighted by atomic mass is 16.7. The fraction of sp³-hybridized carbons (Fsp3) is 0.846. The van der Waals surface area contributed by atoms with E-state index in [1.54, 1.807) is 0 Å². The maximum absolute atomic E-state index is 11.3. The van der Waals surface area contributed by atoms with Gasteiger partial charge in [0, 0.05) is 5.92 Å². The number of hydrogen-bond donors (Lipinski definition) is 1. The molecule has 3 heteroatoms. The van der Waals surface area contributed by atoms with E-state index < -0.39 is 0 Å². The normalized spacial score (nSPS) is 16.7. The highest BCUT2D eigenvalue weighted by Gasteiger charge is 2.35. The lowest BCUT2D eigenvalue weighted by molar-refractivity contribution is -0.104. The van der Waals surface area contributed by atoms with Crippen LogP contribution in [0.25, 0.3) is 0 Å². The Morgan fingerprint density at radius 1 is 0.690 bits per heavy atom. The molecule has 0 saturated carbocycles. The highest BCUT2D eigenvalue weighted by Crippen LogP contribution is 2.42. The smallest absolute Gasteiger partial charge is 0.160 e. The summed E-state index contributed by atoms with van der Waals surface area (Å²) in [4.78, 5) is 0. The van der Waals surface area contributed by atoms with Crippen LogP contribution in [0.3, 0.4) is 0 Å². The van der Waals surface area contributed by atoms with Crippen molar-refractivity contribution in [3.63, 3.8) is 0 Å². The van der Waals surface area contributed by atoms with E-state index in [2.05, 4.69) is 81.4 Å². The van der Waals surface area contributed by atoms with Crippen molar-refractivity contribution in [2.45, 2.75) is 183 Å². The Labute approximate surface area is 261 Å². The number of phenolic OH excluding ortho intramolecular Hbond substituents is 1. The predicted octanol–water partition coefficient (Wildman–Crippen LogP) is 11.7. The van der Waals surface area contributed by atoms with E-state index >= 15 is 0 Å². The molecule has 0 aromatic heterocycles. The van der Waals surface area contributed by atoms with Gasteiger partial charge in [0.1, 0.15) is 5.75 Å². The third kappa shape index (κ3) is 13.3. The summed E-state index contributed by atoms with van der Waals surface area (Å²) in [5, 5.41) is 11.3. The van der Waals surface area contributed by atoms with Gasteiger partial charge in [-0.05, 0) is 64.5 Å². The number of rotatable bonds is 18. The van der Waals surface area contributed by atoms with E-state index in [0.29, 0.717) is 36.2 Å². The number of unbranched alkanes of at least 4 members (excludes halogenated alkanes) is 10. The quantitative estimate of drug-likeness (QED) is 0.174. The lowest BCUT2D eigenvalue weighted by Gasteiger charge is -2.34. The van der Waals surface area contributed by atoms with Gasteiger partial charge in [-0.15, -0.1) is 0 Å². The van der Waals surface area contributed by atoms with Crippen molar-refractivity contribution in [2.24, 2.45) is 17.3 Å². The average molecular weight is 587 g/mol. The minimum absolute atomic E-state index is 0.0839. The summed E-state index contributed by atoms with van der Waals surface area (Å²) in [6.07, 6.45) is 19.5. The maximum Gasteiger partial charge on any atom is 0.160 e. The Balaban J connectivity index is 2.17. The second-order valence-corrected chi connectivity index (χ2v) is 16.7. The Morgan fingerprint density at radius 3 is 1.57 bits per heavy atom. The van der Waals surface area contributed by atoms with Crippen LogP contribution in [0.4, 0.5) is 0 Å². The zero-order valence-electron chi connectivity index (χ0n) is 29.7. The summed E-state index contributed by atoms with van der Waals surface area (Å²) in [5.74, 6) is 1.36. The van der Waals surface area contributed by atoms with Gasteiger partial charge in [0.15, 0.2) is 6.29 Å². The zero-order chi connectivity index (χ0) is 31.4. The molecule has 0 bridgehead atoms. The van der Waals surface area contributed by atoms with Gasteiger partial charge in [0.25, 0.3) is 0 Å². The molecule has 2 atom stereocenters. The summed E-state index contributed by atoms with van der Waals surface area (Å²) in [6.45, 7) is 24.1. The van der Waals surface area contributed by atoms with Crippen LogP contribution in [0.2, 0.25) is 0 Å². The number of aromatic hydroxyl groups is 1. The topological polar surface area (TPSA) is 38.7 Å². The molecule has 1 saturated heterocycles. The molecule has 1 aromatic carbocycles. The Hall–Kier alpha value is -1.06. The van der Waals surface area contributed by atoms with E-state index in [-0.39, 0.29) is 17.1 Å². The van der Waals surface area contributed by atoms with Gasteiger partial charge >= 0.3 is 0 Å². The fourth-order valence-electron chi connectivity index (χ4n) is 6.61. The SMILES string of the molecule is CCCCCCCCCCCCCC(C(CCC(C)(C)C)Cc1cc(C(C)(C)C)c(O)c(C(C)(C)C)c1)C1OCCO1. The second kappa shape index (κ2) is 17.4. The van der Waals surface area contributed by atoms with Crippen LogP contribution < -0.4 is 0 Å². The largest absolute Gasteiger partial charge is 0.507 e. The van der Waals surface area contributed by atoms with E-state index in [4.69, 9.17) is 9.47 Å². The van der Waals surface area contributed by atoms with Crippen molar-refractivity contribution in [3.05, 3.63) is 28.8 Å². The first-order valence-electron chi connectivity index (χ1n) is 17.7. The molecule has 1 N–H and O–H groups in total. The molecular weight excluding hydrogens is 516 g/mol. The van der Waals surface area contributed by atoms with Gasteiger partial charge in [-0.1, -0.05) is 152 Å². The summed E-state index contributed by atoms with van der Waals surface area (Å²) >= 11 is 0. The molecule has 0 aliphatic carbocycles. The summed E-state index contributed by atoms with van der Waals surface area (Å²) in [7, 11) is 0. The molecule has 1 aromatic rings. The van der Waals surface area contributed by atoms with Crippen molar-refractivity contribution in [1.82, 2.24) is 0 Å². The lowest BCUT2D eigenvalue weighted by Crippen LogP contribution is -2.31. The first-order chi connectivity index (χ1) is 19.6. The molecule has 1 aliphatic heterocycles. The molecule has 42 heavy (non-hydrogen) atoms. The average Bonchev–Trinajstić information content (AvgIpc) is 3.41. The van der Waals surface area contributed by atoms with Crippen molar-refractivity contribution in [2.75, 3.05) is 13.2 Å². The molecule has 1 heterocycles. The van der Waals surface area contributed by atoms with E-state index in [1.807, 2.05) is 0 Å². The van der Waals surface area contributed by atoms with Crippen molar-refractivity contribution < 1.29 is 14.6 Å². The van der Waals surface area contributed by atoms with Crippen LogP contribution in [-0.4, -0.2) is 24.6 Å². The number of ether oxygens (including phenoxy) is 2. The van der Waals surface area contributed by atoms with Crippen LogP contribution in [0, 0.1) is 17.3 Å². The molecule has 1 aliphatic rings. The van der Waals surface area contributed by atoms with Gasteiger partial charge in [-0.25, -0.2) is 0 Å². The minimum atomic E-state index is -0.117. The van der Waals surface area contributed by atoms with Crippen molar-refractivity contribution in [3.8, 4) is 5.75 Å². The Morgan fingerprint density at radius 2 is 1.14 bits per heavy atom. The third-order valence-electron chi connectivity index (χ3n) is 9.29. The van der Waals surface area contributed by atoms with Gasteiger partial charge in [-0.3, -0.25) is 0 Å². The number of hydrogen-bond acceptors (Lipinski definition) is 3. The van der Waals surface area contributed by atoms with Gasteiger partial charge < -0.3 is 14.6 Å². The first-order valence-corrected chi connectivity index (χ1v) is 17.7. The van der Waals surface area contributed by atoms with Crippen molar-refractivity contribution in [1.29, 1.82) is 0 Å². The molecule has 2 unspecified atom stereocenters. The van der Waals surface area contributed by atoms with Gasteiger partial charge in [0.05, 0.1) is 13.2 Å². The number of phenols is 1. The molecule has 1 fully saturated rings. The van der Waals surface area contributed by atoms with Crippen LogP contribution >= 0.6 is 0 Å². The first kappa shape index (κ1) is 37.1. The van der Waals surface area contributed by atoms with Crippen molar-refractivity contribution >= 4 is 0 Å². The maximum atomic E-state index is 11.3. The van der Waals surface area contributed by atoms with Crippen LogP contribution in [-0.2, 0) is 26.7 Å². The summed E-state index contributed by atoms with van der Waals surface area (Å²) in [6, 6.07) is 4.59. The van der Waals surface area contributed by atoms with Crippen LogP contribution in [0.5, 0.6) is 5.75 Å². The highest BCUT2D eigenvalue weighted by molar-refractivity contribution is 5.50. The fourth-order valence-corrected chi connectivity index (χ4v) is 6.61. The summed E-state index contributed by atoms with van der Waals surface area (Å²) < 4.78 is 12.5. The third-order valence-corrected chi connectivity index (χ3v) is 9.29. The second-order valence-electron chi connectivity index (χ2n) is 16.7. The Bertz CT molecular complexity index is 841. The molecule has 3 nitrogen and oxygen atoms in total. The van der Waals surface area contributed by atoms with E-state index in [1.165, 1.54) is 95.5 Å². The Kier molecular flexibility index (Phi) is 15.4. The van der Waals surface area contributed by atoms with Crippen LogP contribution in [0.1, 0.15) is 176 Å². The van der Waals surface area contributed by atoms with Gasteiger partial charge in [0.2, 0.25) is 0 Å². The number of benzene rings is 1. The molecule has 0 spiro atoms. The predicted molar refractivity (Wildman–Crippen MR) is 182 cm³/mol. The molecule has 0 amide bonds. The standard InChI is InChI=1S/C39H70O3/c1-11-12-13-14-15-16-17-18-19-20-21-22-32(36-41-25-26-42-36)31(23-24-37(2,3)4)27-30-28-33(38(5,6)7)35(40)34(29-30)39(8,9)10/h28-29,31-32,36,40H,11-27H2,1-10H3. The molecule has 244 valence electrons. The molecular formula is C39H70O3. The minimum Gasteiger partial charge on any atom is -0.507 e. The van der Waals surface area contributed by atoms with E-state index in [9.17, 15) is 5.11 Å². The van der Waals surface area contributed by atoms with Gasteiger partial charge in [-0.2, -0.15) is 0 Å². The summed E-state index contributed by atoms with van der Waals surface area (Å²) in [5.41, 5.74) is 3.54. The zero-order valence-corrected chi connectivity index (χ0v) is 29.7.